The van der Waals surface area contributed by atoms with Gasteiger partial charge in [0, 0.05) is 6.54 Å². The Balaban J connectivity index is 1.97. The van der Waals surface area contributed by atoms with E-state index in [1.807, 2.05) is 6.92 Å². The summed E-state index contributed by atoms with van der Waals surface area (Å²) in [6, 6.07) is 6.48. The summed E-state index contributed by atoms with van der Waals surface area (Å²) in [5.41, 5.74) is 5.97. The summed E-state index contributed by atoms with van der Waals surface area (Å²) < 4.78 is 44.6. The van der Waals surface area contributed by atoms with Crippen molar-refractivity contribution in [2.75, 3.05) is 52.8 Å². The third-order valence-electron chi connectivity index (χ3n) is 2.99. The molecule has 25 heavy (non-hydrogen) atoms. The number of hydrazine groups is 2. The number of nitrogens with two attached hydrogens (primary N) is 1. The van der Waals surface area contributed by atoms with Gasteiger partial charge in [0.05, 0.1) is 51.1 Å². The highest BCUT2D eigenvalue weighted by atomic mass is 32.2. The summed E-state index contributed by atoms with van der Waals surface area (Å²) in [5.74, 6) is 5.02. The normalized spacial score (nSPS) is 11.8. The monoisotopic (exact) mass is 377 g/mol. The van der Waals surface area contributed by atoms with E-state index in [1.54, 1.807) is 12.1 Å². The quantitative estimate of drug-likeness (QED) is 0.164. The molecule has 0 aromatic heterocycles. The van der Waals surface area contributed by atoms with Crippen molar-refractivity contribution in [2.45, 2.75) is 11.8 Å². The Kier molecular flexibility index (Phi) is 11.5. The van der Waals surface area contributed by atoms with Crippen LogP contribution in [0.5, 0.6) is 0 Å². The second kappa shape index (κ2) is 13.1. The first-order chi connectivity index (χ1) is 12.1. The van der Waals surface area contributed by atoms with Crippen LogP contribution in [0, 0.1) is 6.92 Å². The van der Waals surface area contributed by atoms with Crippen molar-refractivity contribution in [3.63, 3.8) is 0 Å². The molecule has 1 rings (SSSR count). The highest BCUT2D eigenvalue weighted by molar-refractivity contribution is 7.86. The minimum atomic E-state index is -3.74. The van der Waals surface area contributed by atoms with Crippen LogP contribution in [0.2, 0.25) is 0 Å². The maximum Gasteiger partial charge on any atom is 0.297 e. The van der Waals surface area contributed by atoms with Gasteiger partial charge in [-0.25, -0.2) is 5.43 Å². The molecule has 0 atom stereocenters. The maximum absolute atomic E-state index is 11.9. The number of hydrogen-bond acceptors (Lipinski definition) is 9. The number of ether oxygens (including phenoxy) is 3. The van der Waals surface area contributed by atoms with Crippen LogP contribution in [0.4, 0.5) is 0 Å². The van der Waals surface area contributed by atoms with Gasteiger partial charge >= 0.3 is 0 Å². The molecule has 0 aliphatic heterocycles. The van der Waals surface area contributed by atoms with Crippen molar-refractivity contribution in [3.8, 4) is 0 Å². The number of benzene rings is 1. The minimum absolute atomic E-state index is 0.0402. The van der Waals surface area contributed by atoms with Gasteiger partial charge in [-0.2, -0.15) is 14.0 Å². The second-order valence-corrected chi connectivity index (χ2v) is 6.61. The highest BCUT2D eigenvalue weighted by Crippen LogP contribution is 2.12. The molecule has 0 aliphatic rings. The van der Waals surface area contributed by atoms with Crippen LogP contribution in [0.15, 0.2) is 29.2 Å². The number of nitrogens with one attached hydrogen (secondary N) is 2. The molecule has 0 aliphatic carbocycles. The van der Waals surface area contributed by atoms with E-state index in [-0.39, 0.29) is 18.1 Å². The van der Waals surface area contributed by atoms with Crippen LogP contribution in [0.3, 0.4) is 0 Å². The van der Waals surface area contributed by atoms with Crippen molar-refractivity contribution < 1.29 is 26.8 Å². The van der Waals surface area contributed by atoms with Gasteiger partial charge in [-0.05, 0) is 19.1 Å². The highest BCUT2D eigenvalue weighted by Gasteiger charge is 2.14. The van der Waals surface area contributed by atoms with E-state index in [1.165, 1.54) is 12.1 Å². The zero-order chi connectivity index (χ0) is 18.4. The fourth-order valence-electron chi connectivity index (χ4n) is 1.71. The molecule has 4 N–H and O–H groups in total. The molecule has 0 fully saturated rings. The topological polar surface area (TPSA) is 121 Å². The molecule has 1 aromatic rings. The summed E-state index contributed by atoms with van der Waals surface area (Å²) in [5, 5.41) is 0. The molecule has 9 nitrogen and oxygen atoms in total. The van der Waals surface area contributed by atoms with Gasteiger partial charge in [0.15, 0.2) is 0 Å². The Bertz CT molecular complexity index is 553. The number of rotatable bonds is 15. The van der Waals surface area contributed by atoms with Crippen LogP contribution < -0.4 is 16.8 Å². The first-order valence-corrected chi connectivity index (χ1v) is 9.35. The number of aryl methyl sites for hydroxylation is 1. The smallest absolute Gasteiger partial charge is 0.297 e. The molecule has 0 amide bonds. The zero-order valence-electron chi connectivity index (χ0n) is 14.4. The molecule has 10 heteroatoms. The Morgan fingerprint density at radius 1 is 0.880 bits per heavy atom. The second-order valence-electron chi connectivity index (χ2n) is 5.00. The van der Waals surface area contributed by atoms with Crippen molar-refractivity contribution in [1.82, 2.24) is 11.0 Å². The van der Waals surface area contributed by atoms with Gasteiger partial charge in [0.2, 0.25) is 0 Å². The van der Waals surface area contributed by atoms with Gasteiger partial charge in [0.25, 0.3) is 10.1 Å². The van der Waals surface area contributed by atoms with Gasteiger partial charge < -0.3 is 14.2 Å². The molecule has 0 spiro atoms. The van der Waals surface area contributed by atoms with E-state index >= 15 is 0 Å². The fourth-order valence-corrected chi connectivity index (χ4v) is 2.61. The Labute approximate surface area is 148 Å². The first-order valence-electron chi connectivity index (χ1n) is 7.94. The first kappa shape index (κ1) is 21.9. The molecule has 0 bridgehead atoms. The van der Waals surface area contributed by atoms with Gasteiger partial charge in [-0.15, -0.1) is 0 Å². The molecule has 0 heterocycles. The summed E-state index contributed by atoms with van der Waals surface area (Å²) in [4.78, 5) is 0.138. The lowest BCUT2D eigenvalue weighted by atomic mass is 10.2. The van der Waals surface area contributed by atoms with E-state index in [2.05, 4.69) is 11.0 Å². The molecule has 0 saturated heterocycles. The van der Waals surface area contributed by atoms with Crippen LogP contribution in [0.25, 0.3) is 0 Å². The lowest BCUT2D eigenvalue weighted by Crippen LogP contribution is -2.39. The third kappa shape index (κ3) is 10.5. The van der Waals surface area contributed by atoms with Gasteiger partial charge in [0.1, 0.15) is 0 Å². The average Bonchev–Trinajstić information content (AvgIpc) is 2.59. The molecule has 0 radical (unpaired) electrons. The van der Waals surface area contributed by atoms with Crippen LogP contribution >= 0.6 is 0 Å². The minimum Gasteiger partial charge on any atom is -0.378 e. The van der Waals surface area contributed by atoms with Gasteiger partial charge in [-0.1, -0.05) is 17.7 Å². The molecular formula is C15H27N3O6S. The molecule has 0 unspecified atom stereocenters. The predicted octanol–water partition coefficient (Wildman–Crippen LogP) is -0.282. The Morgan fingerprint density at radius 3 is 1.96 bits per heavy atom. The summed E-state index contributed by atoms with van der Waals surface area (Å²) >= 11 is 0. The third-order valence-corrected chi connectivity index (χ3v) is 4.32. The van der Waals surface area contributed by atoms with E-state index < -0.39 is 10.1 Å². The predicted molar refractivity (Wildman–Crippen MR) is 92.1 cm³/mol. The van der Waals surface area contributed by atoms with Crippen molar-refractivity contribution in [1.29, 1.82) is 0 Å². The lowest BCUT2D eigenvalue weighted by Gasteiger charge is -2.08. The molecule has 1 aromatic carbocycles. The summed E-state index contributed by atoms with van der Waals surface area (Å²) in [6.07, 6.45) is 0. The largest absolute Gasteiger partial charge is 0.378 e. The molecule has 0 saturated carbocycles. The average molecular weight is 377 g/mol. The fraction of sp³-hybridized carbons (Fsp3) is 0.600. The summed E-state index contributed by atoms with van der Waals surface area (Å²) in [7, 11) is -3.74. The summed E-state index contributed by atoms with van der Waals surface area (Å²) in [6.45, 7) is 4.83. The molecule has 144 valence electrons. The van der Waals surface area contributed by atoms with Crippen LogP contribution in [-0.4, -0.2) is 61.2 Å². The van der Waals surface area contributed by atoms with Crippen LogP contribution in [-0.2, 0) is 28.5 Å². The van der Waals surface area contributed by atoms with Crippen molar-refractivity contribution in [3.05, 3.63) is 29.8 Å². The molecular weight excluding hydrogens is 350 g/mol. The Hall–Kier alpha value is -1.11. The standard InChI is InChI=1S/C15H27N3O6S/c1-14-2-4-15(5-3-14)25(19,20)24-13-12-23-11-10-22-9-8-21-7-6-17-18-16/h2-5,17-18H,6-13,16H2,1H3. The Morgan fingerprint density at radius 2 is 1.40 bits per heavy atom. The number of hydrogen-bond donors (Lipinski definition) is 3. The zero-order valence-corrected chi connectivity index (χ0v) is 15.2. The van der Waals surface area contributed by atoms with Gasteiger partial charge in [-0.3, -0.25) is 10.0 Å². The maximum atomic E-state index is 11.9. The van der Waals surface area contributed by atoms with E-state index in [0.29, 0.717) is 39.6 Å². The van der Waals surface area contributed by atoms with Crippen LogP contribution in [0.1, 0.15) is 5.56 Å². The lowest BCUT2D eigenvalue weighted by molar-refractivity contribution is 0.00991. The van der Waals surface area contributed by atoms with Crippen molar-refractivity contribution >= 4 is 10.1 Å². The van der Waals surface area contributed by atoms with E-state index in [9.17, 15) is 8.42 Å². The van der Waals surface area contributed by atoms with E-state index in [4.69, 9.17) is 24.2 Å². The SMILES string of the molecule is Cc1ccc(S(=O)(=O)OCCOCCOCCOCCNNN)cc1. The van der Waals surface area contributed by atoms with E-state index in [0.717, 1.165) is 5.56 Å². The van der Waals surface area contributed by atoms with Crippen molar-refractivity contribution in [2.24, 2.45) is 5.84 Å².